The van der Waals surface area contributed by atoms with Crippen LogP contribution in [0.1, 0.15) is 25.3 Å². The Balaban J connectivity index is 2.18. The van der Waals surface area contributed by atoms with Crippen molar-refractivity contribution in [2.45, 2.75) is 26.7 Å². The maximum absolute atomic E-state index is 5.17. The fraction of sp³-hybridized carbons (Fsp3) is 0.667. The summed E-state index contributed by atoms with van der Waals surface area (Å²) >= 11 is 10.3. The van der Waals surface area contributed by atoms with Crippen LogP contribution in [0.3, 0.4) is 0 Å². The van der Waals surface area contributed by atoms with Crippen molar-refractivity contribution >= 4 is 30.1 Å². The molecule has 1 rings (SSSR count). The largest absolute Gasteiger partial charge is 0.384 e. The zero-order valence-electron chi connectivity index (χ0n) is 10.3. The van der Waals surface area contributed by atoms with Crippen molar-refractivity contribution in [3.05, 3.63) is 14.6 Å². The maximum Gasteiger partial charge on any atom is 0.0795 e. The summed E-state index contributed by atoms with van der Waals surface area (Å²) in [4.78, 5) is 2.33. The van der Waals surface area contributed by atoms with Gasteiger partial charge in [0.1, 0.15) is 0 Å². The summed E-state index contributed by atoms with van der Waals surface area (Å²) in [5.41, 5.74) is 2.26. The van der Waals surface area contributed by atoms with Gasteiger partial charge in [0.15, 0.2) is 0 Å². The van der Waals surface area contributed by atoms with Gasteiger partial charge in [-0.3, -0.25) is 0 Å². The number of rotatable bonds is 7. The van der Waals surface area contributed by atoms with Crippen molar-refractivity contribution in [2.24, 2.45) is 0 Å². The summed E-state index contributed by atoms with van der Waals surface area (Å²) in [6, 6.07) is 0. The molecule has 0 atom stereocenters. The van der Waals surface area contributed by atoms with E-state index in [1.807, 2.05) is 6.92 Å². The Bertz CT molecular complexity index is 405. The highest BCUT2D eigenvalue weighted by Gasteiger charge is 2.08. The third-order valence-corrected chi connectivity index (χ3v) is 4.00. The number of nitrogens with zero attached hydrogens (tertiary/aromatic N) is 1. The highest BCUT2D eigenvalue weighted by molar-refractivity contribution is 7.74. The lowest BCUT2D eigenvalue weighted by molar-refractivity contribution is 0.345. The number of hydrogen-bond donors (Lipinski definition) is 1. The second-order valence-corrected chi connectivity index (χ2v) is 5.00. The molecule has 0 heterocycles. The van der Waals surface area contributed by atoms with Crippen LogP contribution < -0.4 is 5.32 Å². The smallest absolute Gasteiger partial charge is 0.0795 e. The van der Waals surface area contributed by atoms with Crippen LogP contribution in [0, 0.1) is 15.9 Å². The van der Waals surface area contributed by atoms with E-state index in [4.69, 9.17) is 24.4 Å². The van der Waals surface area contributed by atoms with Crippen molar-refractivity contribution in [1.29, 1.82) is 0 Å². The van der Waals surface area contributed by atoms with E-state index in [0.29, 0.717) is 0 Å². The zero-order chi connectivity index (χ0) is 12.1. The van der Waals surface area contributed by atoms with E-state index >= 15 is 0 Å². The van der Waals surface area contributed by atoms with Crippen LogP contribution >= 0.6 is 24.4 Å². The van der Waals surface area contributed by atoms with Crippen LogP contribution in [0.2, 0.25) is 0 Å². The molecule has 0 radical (unpaired) electrons. The minimum absolute atomic E-state index is 0.846. The molecule has 0 aliphatic heterocycles. The minimum atomic E-state index is 0.846. The average Bonchev–Trinajstić information content (AvgIpc) is 2.31. The van der Waals surface area contributed by atoms with Crippen LogP contribution in [-0.2, 0) is 0 Å². The van der Waals surface area contributed by atoms with Crippen molar-refractivity contribution in [3.8, 4) is 0 Å². The molecule has 0 amide bonds. The second kappa shape index (κ2) is 6.42. The van der Waals surface area contributed by atoms with Crippen LogP contribution in [0.15, 0.2) is 0 Å². The Morgan fingerprint density at radius 2 is 1.88 bits per heavy atom. The first-order valence-electron chi connectivity index (χ1n) is 5.80. The van der Waals surface area contributed by atoms with E-state index in [9.17, 15) is 0 Å². The molecule has 90 valence electrons. The van der Waals surface area contributed by atoms with Gasteiger partial charge >= 0.3 is 0 Å². The highest BCUT2D eigenvalue weighted by atomic mass is 32.1. The summed E-state index contributed by atoms with van der Waals surface area (Å²) in [5.74, 6) is 0. The van der Waals surface area contributed by atoms with E-state index in [2.05, 4.69) is 24.2 Å². The molecule has 4 heteroatoms. The number of anilines is 1. The maximum atomic E-state index is 5.17. The molecular formula is C12H20N2S2. The van der Waals surface area contributed by atoms with Crippen molar-refractivity contribution in [2.75, 3.05) is 32.0 Å². The predicted octanol–water partition coefficient (Wildman–Crippen LogP) is 3.47. The lowest BCUT2D eigenvalue weighted by Crippen LogP contribution is -2.19. The first-order chi connectivity index (χ1) is 7.57. The molecule has 0 aromatic heterocycles. The van der Waals surface area contributed by atoms with E-state index in [1.165, 1.54) is 19.4 Å². The molecule has 0 saturated carbocycles. The van der Waals surface area contributed by atoms with E-state index in [-0.39, 0.29) is 0 Å². The lowest BCUT2D eigenvalue weighted by atomic mass is 10.1. The van der Waals surface area contributed by atoms with Gasteiger partial charge in [0.25, 0.3) is 0 Å². The summed E-state index contributed by atoms with van der Waals surface area (Å²) in [6.07, 6.45) is 2.40. The summed E-state index contributed by atoms with van der Waals surface area (Å²) in [6.45, 7) is 7.49. The van der Waals surface area contributed by atoms with Gasteiger partial charge in [-0.05, 0) is 45.5 Å². The van der Waals surface area contributed by atoms with Crippen LogP contribution in [0.4, 0.5) is 5.69 Å². The van der Waals surface area contributed by atoms with Gasteiger partial charge in [-0.25, -0.2) is 0 Å². The minimum Gasteiger partial charge on any atom is -0.384 e. The fourth-order valence-electron chi connectivity index (χ4n) is 1.60. The second-order valence-electron chi connectivity index (χ2n) is 4.19. The standard InChI is InChI=1S/C12H20N2S2/c1-4-14(3)8-6-5-7-13-10-9(2)11(15)12(10)16/h13H,4-8H2,1-3H3. The molecule has 0 aliphatic carbocycles. The van der Waals surface area contributed by atoms with Crippen molar-refractivity contribution < 1.29 is 0 Å². The third-order valence-electron chi connectivity index (χ3n) is 2.96. The molecule has 1 aromatic rings. The van der Waals surface area contributed by atoms with Crippen LogP contribution in [-0.4, -0.2) is 31.6 Å². The molecule has 1 aromatic carbocycles. The SMILES string of the molecule is CCN(C)CCCCNc1c(C)c(=S)c1=S. The molecule has 1 N–H and O–H groups in total. The number of unbranched alkanes of at least 4 members (excludes halogenated alkanes) is 1. The van der Waals surface area contributed by atoms with E-state index in [0.717, 1.165) is 33.4 Å². The highest BCUT2D eigenvalue weighted by Crippen LogP contribution is 2.24. The molecule has 0 spiro atoms. The molecule has 0 saturated heterocycles. The quantitative estimate of drug-likeness (QED) is 0.593. The number of nitrogens with one attached hydrogen (secondary N) is 1. The molecule has 2 nitrogen and oxygen atoms in total. The zero-order valence-corrected chi connectivity index (χ0v) is 11.9. The summed E-state index contributed by atoms with van der Waals surface area (Å²) < 4.78 is 1.71. The Kier molecular flexibility index (Phi) is 5.52. The van der Waals surface area contributed by atoms with Gasteiger partial charge in [-0.1, -0.05) is 31.4 Å². The number of hydrogen-bond acceptors (Lipinski definition) is 4. The first-order valence-corrected chi connectivity index (χ1v) is 6.62. The molecule has 0 fully saturated rings. The predicted molar refractivity (Wildman–Crippen MR) is 76.1 cm³/mol. The Labute approximate surface area is 108 Å². The Hall–Kier alpha value is -0.320. The molecule has 0 unspecified atom stereocenters. The summed E-state index contributed by atoms with van der Waals surface area (Å²) in [5, 5.41) is 3.37. The average molecular weight is 256 g/mol. The first kappa shape index (κ1) is 13.7. The molecule has 0 bridgehead atoms. The van der Waals surface area contributed by atoms with Gasteiger partial charge in [0, 0.05) is 6.54 Å². The van der Waals surface area contributed by atoms with Crippen molar-refractivity contribution in [3.63, 3.8) is 0 Å². The monoisotopic (exact) mass is 256 g/mol. The molecule has 0 aliphatic rings. The summed E-state index contributed by atoms with van der Waals surface area (Å²) in [7, 11) is 2.15. The van der Waals surface area contributed by atoms with Crippen molar-refractivity contribution in [1.82, 2.24) is 4.90 Å². The normalized spacial score (nSPS) is 11.2. The lowest BCUT2D eigenvalue weighted by Gasteiger charge is -2.15. The van der Waals surface area contributed by atoms with Crippen LogP contribution in [0.25, 0.3) is 0 Å². The van der Waals surface area contributed by atoms with Crippen LogP contribution in [0.5, 0.6) is 0 Å². The Morgan fingerprint density at radius 1 is 1.19 bits per heavy atom. The fourth-order valence-corrected chi connectivity index (χ4v) is 2.18. The molecule has 16 heavy (non-hydrogen) atoms. The topological polar surface area (TPSA) is 15.3 Å². The van der Waals surface area contributed by atoms with Gasteiger partial charge in [0.05, 0.1) is 14.7 Å². The van der Waals surface area contributed by atoms with Gasteiger partial charge in [-0.2, -0.15) is 0 Å². The third kappa shape index (κ3) is 3.34. The molecular weight excluding hydrogens is 236 g/mol. The van der Waals surface area contributed by atoms with E-state index < -0.39 is 0 Å². The Morgan fingerprint density at radius 3 is 2.44 bits per heavy atom. The van der Waals surface area contributed by atoms with E-state index in [1.54, 1.807) is 0 Å². The van der Waals surface area contributed by atoms with Gasteiger partial charge in [-0.15, -0.1) is 0 Å². The van der Waals surface area contributed by atoms with Gasteiger partial charge < -0.3 is 10.2 Å². The van der Waals surface area contributed by atoms with Gasteiger partial charge in [0.2, 0.25) is 0 Å².